The van der Waals surface area contributed by atoms with Gasteiger partial charge in [0.05, 0.1) is 29.6 Å². The van der Waals surface area contributed by atoms with Gasteiger partial charge in [-0.3, -0.25) is 14.6 Å². The molecule has 9 nitrogen and oxygen atoms in total. The third-order valence-corrected chi connectivity index (χ3v) is 6.62. The molecule has 1 saturated heterocycles. The molecule has 1 aromatic heterocycles. The van der Waals surface area contributed by atoms with Gasteiger partial charge >= 0.3 is 6.18 Å². The molecule has 5 rings (SSSR count). The Kier molecular flexibility index (Phi) is 6.63. The van der Waals surface area contributed by atoms with Crippen molar-refractivity contribution in [2.75, 3.05) is 11.9 Å². The lowest BCUT2D eigenvalue weighted by molar-refractivity contribution is -0.750. The summed E-state index contributed by atoms with van der Waals surface area (Å²) in [7, 11) is 0. The van der Waals surface area contributed by atoms with Crippen LogP contribution in [-0.2, 0) is 11.0 Å². The van der Waals surface area contributed by atoms with Gasteiger partial charge in [-0.1, -0.05) is 5.92 Å². The van der Waals surface area contributed by atoms with Crippen molar-refractivity contribution in [2.24, 2.45) is 15.8 Å². The molecule has 2 aromatic rings. The predicted octanol–water partition coefficient (Wildman–Crippen LogP) is 3.58. The summed E-state index contributed by atoms with van der Waals surface area (Å²) in [4.78, 5) is 39.9. The molecule has 1 fully saturated rings. The Morgan fingerprint density at radius 2 is 1.97 bits per heavy atom. The second-order valence-electron chi connectivity index (χ2n) is 9.05. The van der Waals surface area contributed by atoms with Gasteiger partial charge in [-0.2, -0.15) is 24.0 Å². The molecule has 0 spiro atoms. The first-order valence-corrected chi connectivity index (χ1v) is 12.0. The van der Waals surface area contributed by atoms with Gasteiger partial charge in [-0.15, -0.1) is 4.59 Å². The number of halogens is 3. The van der Waals surface area contributed by atoms with E-state index >= 15 is 0 Å². The molecule has 3 aliphatic heterocycles. The van der Waals surface area contributed by atoms with Crippen LogP contribution >= 0.6 is 0 Å². The number of benzene rings is 1. The first-order valence-electron chi connectivity index (χ1n) is 12.0. The Morgan fingerprint density at radius 3 is 2.69 bits per heavy atom. The van der Waals surface area contributed by atoms with Crippen LogP contribution in [0.5, 0.6) is 0 Å². The molecule has 2 amide bonds. The number of hydrogen-bond acceptors (Lipinski definition) is 6. The SMILES string of the molecule is CC#CC(=O)N1CCCC1C1=C2C=NC=C[N+]2(N)C(c2ccc(C(=O)Nc3cc(C(F)(F)F)ccn3)cc2)=N1. The number of amides is 2. The number of rotatable bonds is 4. The number of likely N-dealkylation sites (tertiary alicyclic amines) is 1. The Bertz CT molecular complexity index is 1530. The third-order valence-electron chi connectivity index (χ3n) is 6.62. The Hall–Kier alpha value is -4.60. The standard InChI is InChI=1S/C27H22F3N7O2/c1-2-4-23(38)36-13-3-5-20(36)24-21-16-32-12-14-37(21,31)25(35-24)17-6-8-18(9-7-17)26(39)34-22-15-19(10-11-33-22)27(28,29)30/h6-12,14-16,20H,3,5,13,31H2,1H3/p+1. The Labute approximate surface area is 221 Å². The zero-order valence-electron chi connectivity index (χ0n) is 20.7. The quantitative estimate of drug-likeness (QED) is 0.355. The van der Waals surface area contributed by atoms with Gasteiger partial charge in [0.2, 0.25) is 5.70 Å². The van der Waals surface area contributed by atoms with E-state index in [9.17, 15) is 22.8 Å². The minimum Gasteiger partial charge on any atom is -0.323 e. The summed E-state index contributed by atoms with van der Waals surface area (Å²) in [6.07, 6.45) is 2.79. The zero-order chi connectivity index (χ0) is 27.8. The summed E-state index contributed by atoms with van der Waals surface area (Å²) in [6.45, 7) is 2.17. The fourth-order valence-corrected chi connectivity index (χ4v) is 4.76. The molecule has 0 bridgehead atoms. The van der Waals surface area contributed by atoms with Crippen LogP contribution in [0.15, 0.2) is 76.4 Å². The van der Waals surface area contributed by atoms with Crippen LogP contribution in [-0.4, -0.2) is 50.9 Å². The molecule has 198 valence electrons. The van der Waals surface area contributed by atoms with Gasteiger partial charge in [-0.05, 0) is 62.1 Å². The highest BCUT2D eigenvalue weighted by Gasteiger charge is 2.48. The molecule has 2 unspecified atom stereocenters. The highest BCUT2D eigenvalue weighted by atomic mass is 19.4. The van der Waals surface area contributed by atoms with E-state index in [1.165, 1.54) is 12.1 Å². The van der Waals surface area contributed by atoms with Gasteiger partial charge in [0, 0.05) is 18.3 Å². The van der Waals surface area contributed by atoms with Gasteiger partial charge in [0.25, 0.3) is 17.6 Å². The highest BCUT2D eigenvalue weighted by molar-refractivity contribution is 6.05. The summed E-state index contributed by atoms with van der Waals surface area (Å²) in [6, 6.07) is 7.63. The number of hydrogen-bond donors (Lipinski definition) is 2. The predicted molar refractivity (Wildman–Crippen MR) is 137 cm³/mol. The van der Waals surface area contributed by atoms with Crippen LogP contribution < -0.4 is 11.2 Å². The van der Waals surface area contributed by atoms with E-state index in [0.29, 0.717) is 35.8 Å². The number of nitrogens with two attached hydrogens (primary N) is 1. The zero-order valence-corrected chi connectivity index (χ0v) is 20.7. The minimum atomic E-state index is -4.56. The maximum Gasteiger partial charge on any atom is 0.416 e. The number of alkyl halides is 3. The number of aliphatic imine (C=N–C) groups is 2. The van der Waals surface area contributed by atoms with E-state index in [0.717, 1.165) is 24.8 Å². The van der Waals surface area contributed by atoms with Gasteiger partial charge < -0.3 is 10.2 Å². The van der Waals surface area contributed by atoms with E-state index < -0.39 is 17.6 Å². The van der Waals surface area contributed by atoms with Crippen molar-refractivity contribution >= 4 is 29.7 Å². The largest absolute Gasteiger partial charge is 0.416 e. The topological polar surface area (TPSA) is 113 Å². The Balaban J connectivity index is 1.41. The summed E-state index contributed by atoms with van der Waals surface area (Å²) in [5.41, 5.74) is 1.15. The number of nitrogens with one attached hydrogen (secondary N) is 1. The monoisotopic (exact) mass is 534 g/mol. The first kappa shape index (κ1) is 26.0. The second kappa shape index (κ2) is 9.94. The van der Waals surface area contributed by atoms with Gasteiger partial charge in [0.15, 0.2) is 0 Å². The van der Waals surface area contributed by atoms with Gasteiger partial charge in [0.1, 0.15) is 17.7 Å². The molecular weight excluding hydrogens is 511 g/mol. The van der Waals surface area contributed by atoms with Crippen LogP contribution in [0.2, 0.25) is 0 Å². The van der Waals surface area contributed by atoms with Crippen molar-refractivity contribution in [3.8, 4) is 11.8 Å². The van der Waals surface area contributed by atoms with Crippen LogP contribution in [0.25, 0.3) is 0 Å². The van der Waals surface area contributed by atoms with Crippen molar-refractivity contribution in [3.05, 3.63) is 83.1 Å². The van der Waals surface area contributed by atoms with Crippen LogP contribution in [0.3, 0.4) is 0 Å². The second-order valence-corrected chi connectivity index (χ2v) is 9.05. The van der Waals surface area contributed by atoms with Crippen LogP contribution in [0, 0.1) is 11.8 Å². The number of carbonyl (C=O) groups is 2. The lowest BCUT2D eigenvalue weighted by Gasteiger charge is -2.27. The number of amidine groups is 1. The molecule has 12 heteroatoms. The molecule has 3 aliphatic rings. The number of carbonyl (C=O) groups excluding carboxylic acids is 2. The highest BCUT2D eigenvalue weighted by Crippen LogP contribution is 2.37. The molecule has 4 heterocycles. The van der Waals surface area contributed by atoms with E-state index in [1.54, 1.807) is 42.6 Å². The maximum absolute atomic E-state index is 13.0. The third kappa shape index (κ3) is 4.85. The molecular formula is C27H23F3N7O2+. The van der Waals surface area contributed by atoms with E-state index in [4.69, 9.17) is 10.8 Å². The number of allylic oxidation sites excluding steroid dienone is 1. The summed E-state index contributed by atoms with van der Waals surface area (Å²) >= 11 is 0. The van der Waals surface area contributed by atoms with Crippen molar-refractivity contribution in [3.63, 3.8) is 0 Å². The molecule has 39 heavy (non-hydrogen) atoms. The summed E-state index contributed by atoms with van der Waals surface area (Å²) in [5, 5.41) is 2.39. The fourth-order valence-electron chi connectivity index (χ4n) is 4.76. The first-order chi connectivity index (χ1) is 18.6. The normalized spacial score (nSPS) is 21.8. The fraction of sp³-hybridized carbons (Fsp3) is 0.222. The van der Waals surface area contributed by atoms with Crippen LogP contribution in [0.1, 0.15) is 41.3 Å². The van der Waals surface area contributed by atoms with Crippen molar-refractivity contribution in [2.45, 2.75) is 32.0 Å². The van der Waals surface area contributed by atoms with Crippen LogP contribution in [0.4, 0.5) is 19.0 Å². The van der Waals surface area contributed by atoms with Crippen molar-refractivity contribution in [1.82, 2.24) is 9.88 Å². The van der Waals surface area contributed by atoms with Crippen molar-refractivity contribution < 1.29 is 27.4 Å². The molecule has 1 aromatic carbocycles. The Morgan fingerprint density at radius 1 is 1.21 bits per heavy atom. The summed E-state index contributed by atoms with van der Waals surface area (Å²) < 4.78 is 38.7. The molecule has 3 N–H and O–H groups in total. The number of anilines is 1. The number of pyridine rings is 1. The molecule has 2 atom stereocenters. The summed E-state index contributed by atoms with van der Waals surface area (Å²) in [5.74, 6) is 11.4. The van der Waals surface area contributed by atoms with E-state index in [2.05, 4.69) is 27.1 Å². The maximum atomic E-state index is 13.0. The molecule has 0 saturated carbocycles. The van der Waals surface area contributed by atoms with Gasteiger partial charge in [-0.25, -0.2) is 4.98 Å². The van der Waals surface area contributed by atoms with E-state index in [1.807, 2.05) is 0 Å². The molecule has 0 aliphatic carbocycles. The lowest BCUT2D eigenvalue weighted by Crippen LogP contribution is -2.53. The van der Waals surface area contributed by atoms with Crippen molar-refractivity contribution in [1.29, 1.82) is 0 Å². The average Bonchev–Trinajstić information content (AvgIpc) is 3.51. The lowest BCUT2D eigenvalue weighted by atomic mass is 10.1. The number of fused-ring (bicyclic) bond motifs is 1. The molecule has 0 radical (unpaired) electrons. The minimum absolute atomic E-state index is 0.204. The number of quaternary nitrogens is 1. The van der Waals surface area contributed by atoms with E-state index in [-0.39, 0.29) is 27.9 Å². The smallest absolute Gasteiger partial charge is 0.323 e. The average molecular weight is 535 g/mol. The number of aromatic nitrogens is 1. The number of nitrogens with zero attached hydrogens (tertiary/aromatic N) is 5.